The zero-order valence-corrected chi connectivity index (χ0v) is 11.4. The summed E-state index contributed by atoms with van der Waals surface area (Å²) < 4.78 is 0. The summed E-state index contributed by atoms with van der Waals surface area (Å²) in [6.45, 7) is 7.86. The molecule has 0 aliphatic heterocycles. The monoisotopic (exact) mass is 257 g/mol. The Morgan fingerprint density at radius 2 is 2.12 bits per heavy atom. The first kappa shape index (κ1) is 14.4. The molecule has 0 amide bonds. The molecule has 0 atom stereocenters. The molecule has 0 aromatic carbocycles. The van der Waals surface area contributed by atoms with Crippen LogP contribution in [0.2, 0.25) is 5.15 Å². The highest BCUT2D eigenvalue weighted by molar-refractivity contribution is 6.29. The number of hydrogen-bond acceptors (Lipinski definition) is 4. The number of aryl methyl sites for hydroxylation is 1. The van der Waals surface area contributed by atoms with E-state index in [9.17, 15) is 0 Å². The molecule has 0 aliphatic carbocycles. The second kappa shape index (κ2) is 6.89. The van der Waals surface area contributed by atoms with Crippen LogP contribution in [0.5, 0.6) is 0 Å². The number of halogens is 1. The minimum atomic E-state index is 0.207. The van der Waals surface area contributed by atoms with Gasteiger partial charge in [-0.3, -0.25) is 4.90 Å². The van der Waals surface area contributed by atoms with Crippen molar-refractivity contribution in [3.63, 3.8) is 0 Å². The van der Waals surface area contributed by atoms with E-state index in [1.54, 1.807) is 6.07 Å². The van der Waals surface area contributed by atoms with Crippen molar-refractivity contribution in [2.75, 3.05) is 13.2 Å². The van der Waals surface area contributed by atoms with Crippen molar-refractivity contribution in [2.45, 2.75) is 39.8 Å². The smallest absolute Gasteiger partial charge is 0.144 e. The van der Waals surface area contributed by atoms with Gasteiger partial charge < -0.3 is 5.11 Å². The van der Waals surface area contributed by atoms with Crippen LogP contribution in [0, 0.1) is 6.92 Å². The molecule has 0 fully saturated rings. The van der Waals surface area contributed by atoms with Crippen LogP contribution in [0.4, 0.5) is 0 Å². The van der Waals surface area contributed by atoms with Crippen LogP contribution in [-0.2, 0) is 6.54 Å². The molecule has 0 aliphatic rings. The zero-order chi connectivity index (χ0) is 12.8. The van der Waals surface area contributed by atoms with Gasteiger partial charge in [0.2, 0.25) is 0 Å². The van der Waals surface area contributed by atoms with Gasteiger partial charge in [-0.25, -0.2) is 9.97 Å². The second-order valence-electron chi connectivity index (χ2n) is 4.39. The Bertz CT molecular complexity index is 337. The van der Waals surface area contributed by atoms with Gasteiger partial charge in [0.15, 0.2) is 0 Å². The average molecular weight is 258 g/mol. The Hall–Kier alpha value is -0.710. The molecule has 0 spiro atoms. The van der Waals surface area contributed by atoms with Gasteiger partial charge in [-0.15, -0.1) is 0 Å². The molecule has 1 N–H and O–H groups in total. The minimum Gasteiger partial charge on any atom is -0.396 e. The standard InChI is InChI=1S/C12H20ClN3O/c1-9(2)16(5-4-6-17)8-12-14-10(3)7-11(13)15-12/h7,9,17H,4-6,8H2,1-3H3. The molecule has 0 saturated heterocycles. The van der Waals surface area contributed by atoms with E-state index in [1.165, 1.54) is 0 Å². The Balaban J connectivity index is 2.71. The third kappa shape index (κ3) is 4.98. The Morgan fingerprint density at radius 3 is 2.65 bits per heavy atom. The first-order valence-corrected chi connectivity index (χ1v) is 6.25. The summed E-state index contributed by atoms with van der Waals surface area (Å²) in [5, 5.41) is 9.36. The molecule has 0 saturated carbocycles. The summed E-state index contributed by atoms with van der Waals surface area (Å²) in [7, 11) is 0. The van der Waals surface area contributed by atoms with Crippen molar-refractivity contribution < 1.29 is 5.11 Å². The van der Waals surface area contributed by atoms with Gasteiger partial charge in [0.05, 0.1) is 6.54 Å². The largest absolute Gasteiger partial charge is 0.396 e. The fourth-order valence-corrected chi connectivity index (χ4v) is 1.89. The molecular formula is C12H20ClN3O. The van der Waals surface area contributed by atoms with E-state index in [4.69, 9.17) is 16.7 Å². The second-order valence-corrected chi connectivity index (χ2v) is 4.78. The molecule has 4 nitrogen and oxygen atoms in total. The topological polar surface area (TPSA) is 49.2 Å². The van der Waals surface area contributed by atoms with Gasteiger partial charge >= 0.3 is 0 Å². The van der Waals surface area contributed by atoms with E-state index in [1.807, 2.05) is 6.92 Å². The van der Waals surface area contributed by atoms with Gasteiger partial charge in [-0.05, 0) is 33.3 Å². The van der Waals surface area contributed by atoms with Crippen LogP contribution < -0.4 is 0 Å². The quantitative estimate of drug-likeness (QED) is 0.793. The highest BCUT2D eigenvalue weighted by Crippen LogP contribution is 2.10. The molecule has 1 aromatic rings. The van der Waals surface area contributed by atoms with Crippen LogP contribution in [-0.4, -0.2) is 39.2 Å². The van der Waals surface area contributed by atoms with Crippen molar-refractivity contribution in [2.24, 2.45) is 0 Å². The Morgan fingerprint density at radius 1 is 1.41 bits per heavy atom. The van der Waals surface area contributed by atoms with Crippen LogP contribution in [0.1, 0.15) is 31.8 Å². The van der Waals surface area contributed by atoms with Crippen LogP contribution in [0.25, 0.3) is 0 Å². The lowest BCUT2D eigenvalue weighted by Crippen LogP contribution is -2.32. The fraction of sp³-hybridized carbons (Fsp3) is 0.667. The number of aliphatic hydroxyl groups is 1. The summed E-state index contributed by atoms with van der Waals surface area (Å²) in [5.41, 5.74) is 0.880. The van der Waals surface area contributed by atoms with Crippen molar-refractivity contribution in [1.29, 1.82) is 0 Å². The summed E-state index contributed by atoms with van der Waals surface area (Å²) in [5.74, 6) is 0.738. The molecule has 1 aromatic heterocycles. The van der Waals surface area contributed by atoms with E-state index in [0.29, 0.717) is 17.7 Å². The third-order valence-electron chi connectivity index (χ3n) is 2.55. The third-order valence-corrected chi connectivity index (χ3v) is 2.74. The molecule has 5 heteroatoms. The Labute approximate surface area is 108 Å². The highest BCUT2D eigenvalue weighted by atomic mass is 35.5. The van der Waals surface area contributed by atoms with Crippen LogP contribution in [0.3, 0.4) is 0 Å². The van der Waals surface area contributed by atoms with Crippen molar-refractivity contribution in [1.82, 2.24) is 14.9 Å². The number of nitrogens with zero attached hydrogens (tertiary/aromatic N) is 3. The fourth-order valence-electron chi connectivity index (χ4n) is 1.63. The molecule has 1 heterocycles. The molecule has 96 valence electrons. The summed E-state index contributed by atoms with van der Waals surface area (Å²) >= 11 is 5.91. The summed E-state index contributed by atoms with van der Waals surface area (Å²) in [6, 6.07) is 2.14. The first-order valence-electron chi connectivity index (χ1n) is 5.88. The average Bonchev–Trinajstić information content (AvgIpc) is 2.22. The highest BCUT2D eigenvalue weighted by Gasteiger charge is 2.12. The first-order chi connectivity index (χ1) is 8.02. The van der Waals surface area contributed by atoms with E-state index >= 15 is 0 Å². The van der Waals surface area contributed by atoms with E-state index in [0.717, 1.165) is 24.5 Å². The maximum absolute atomic E-state index is 8.87. The van der Waals surface area contributed by atoms with Gasteiger partial charge in [0.25, 0.3) is 0 Å². The van der Waals surface area contributed by atoms with Gasteiger partial charge in [0.1, 0.15) is 11.0 Å². The lowest BCUT2D eigenvalue weighted by Gasteiger charge is -2.25. The lowest BCUT2D eigenvalue weighted by molar-refractivity contribution is 0.181. The molecular weight excluding hydrogens is 238 g/mol. The predicted octanol–water partition coefficient (Wildman–Crippen LogP) is 2.03. The normalized spacial score (nSPS) is 11.5. The summed E-state index contributed by atoms with van der Waals surface area (Å²) in [4.78, 5) is 10.8. The lowest BCUT2D eigenvalue weighted by atomic mass is 10.3. The zero-order valence-electron chi connectivity index (χ0n) is 10.6. The molecule has 0 bridgehead atoms. The van der Waals surface area contributed by atoms with Gasteiger partial charge in [-0.2, -0.15) is 0 Å². The maximum Gasteiger partial charge on any atom is 0.144 e. The number of aliphatic hydroxyl groups excluding tert-OH is 1. The van der Waals surface area contributed by atoms with E-state index in [-0.39, 0.29) is 6.61 Å². The van der Waals surface area contributed by atoms with Gasteiger partial charge in [-0.1, -0.05) is 11.6 Å². The number of aromatic nitrogens is 2. The number of hydrogen-bond donors (Lipinski definition) is 1. The van der Waals surface area contributed by atoms with E-state index < -0.39 is 0 Å². The van der Waals surface area contributed by atoms with Crippen LogP contribution in [0.15, 0.2) is 6.07 Å². The SMILES string of the molecule is Cc1cc(Cl)nc(CN(CCCO)C(C)C)n1. The predicted molar refractivity (Wildman–Crippen MR) is 69.0 cm³/mol. The number of rotatable bonds is 6. The molecule has 1 rings (SSSR count). The minimum absolute atomic E-state index is 0.207. The van der Waals surface area contributed by atoms with Gasteiger partial charge in [0, 0.05) is 24.9 Å². The summed E-state index contributed by atoms with van der Waals surface area (Å²) in [6.07, 6.45) is 0.762. The molecule has 0 unspecified atom stereocenters. The van der Waals surface area contributed by atoms with Crippen molar-refractivity contribution in [3.8, 4) is 0 Å². The molecule has 0 radical (unpaired) electrons. The van der Waals surface area contributed by atoms with Crippen LogP contribution >= 0.6 is 11.6 Å². The van der Waals surface area contributed by atoms with Crippen molar-refractivity contribution in [3.05, 3.63) is 22.7 Å². The molecule has 17 heavy (non-hydrogen) atoms. The van der Waals surface area contributed by atoms with E-state index in [2.05, 4.69) is 28.7 Å². The van der Waals surface area contributed by atoms with Crippen molar-refractivity contribution >= 4 is 11.6 Å². The maximum atomic E-state index is 8.87. The Kier molecular flexibility index (Phi) is 5.82.